The van der Waals surface area contributed by atoms with Crippen LogP contribution in [0.5, 0.6) is 0 Å². The summed E-state index contributed by atoms with van der Waals surface area (Å²) in [7, 11) is 3.45. The van der Waals surface area contributed by atoms with E-state index in [-0.39, 0.29) is 24.1 Å². The van der Waals surface area contributed by atoms with Crippen LogP contribution in [0.3, 0.4) is 0 Å². The van der Waals surface area contributed by atoms with Crippen molar-refractivity contribution in [1.29, 1.82) is 0 Å². The molecule has 1 N–H and O–H groups in total. The Morgan fingerprint density at radius 1 is 1.13 bits per heavy atom. The highest BCUT2D eigenvalue weighted by Crippen LogP contribution is 2.23. The molecule has 0 fully saturated rings. The minimum Gasteiger partial charge on any atom is -0.336 e. The lowest BCUT2D eigenvalue weighted by molar-refractivity contribution is -0.131. The van der Waals surface area contributed by atoms with Gasteiger partial charge < -0.3 is 14.8 Å². The number of nitrogens with zero attached hydrogens (tertiary/aromatic N) is 4. The highest BCUT2D eigenvalue weighted by Gasteiger charge is 2.17. The van der Waals surface area contributed by atoms with Crippen LogP contribution in [0.1, 0.15) is 5.56 Å². The number of amides is 2. The molecule has 0 aliphatic heterocycles. The van der Waals surface area contributed by atoms with Crippen LogP contribution in [0.25, 0.3) is 11.4 Å². The Balaban J connectivity index is 1.54. The van der Waals surface area contributed by atoms with Gasteiger partial charge in [0, 0.05) is 19.7 Å². The minimum absolute atomic E-state index is 0.0714. The summed E-state index contributed by atoms with van der Waals surface area (Å²) in [5.74, 6) is 0.381. The van der Waals surface area contributed by atoms with E-state index in [4.69, 9.17) is 11.6 Å². The summed E-state index contributed by atoms with van der Waals surface area (Å²) in [6.45, 7) is 1.95. The third-order valence-electron chi connectivity index (χ3n) is 4.42. The molecule has 2 aromatic carbocycles. The van der Waals surface area contributed by atoms with Crippen molar-refractivity contribution in [2.45, 2.75) is 12.1 Å². The standard InChI is InChI=1S/C21H22ClN5O2S/c1-14-8-10-15(11-9-14)20-24-25-21(27(20)3)30-13-19(29)26(2)12-18(28)23-17-7-5-4-6-16(17)22/h4-11H,12-13H2,1-3H3,(H,23,28). The zero-order valence-corrected chi connectivity index (χ0v) is 18.5. The third kappa shape index (κ3) is 5.40. The monoisotopic (exact) mass is 443 g/mol. The van der Waals surface area contributed by atoms with Crippen molar-refractivity contribution in [3.05, 3.63) is 59.1 Å². The van der Waals surface area contributed by atoms with Crippen molar-refractivity contribution in [2.24, 2.45) is 7.05 Å². The first-order valence-electron chi connectivity index (χ1n) is 9.22. The van der Waals surface area contributed by atoms with Gasteiger partial charge in [0.1, 0.15) is 0 Å². The van der Waals surface area contributed by atoms with E-state index < -0.39 is 0 Å². The molecule has 1 aromatic heterocycles. The first-order chi connectivity index (χ1) is 14.3. The van der Waals surface area contributed by atoms with Gasteiger partial charge in [-0.15, -0.1) is 10.2 Å². The molecule has 0 radical (unpaired) electrons. The van der Waals surface area contributed by atoms with Crippen molar-refractivity contribution >= 4 is 40.9 Å². The largest absolute Gasteiger partial charge is 0.336 e. The van der Waals surface area contributed by atoms with E-state index in [0.717, 1.165) is 11.4 Å². The number of aryl methyl sites for hydroxylation is 1. The highest BCUT2D eigenvalue weighted by atomic mass is 35.5. The van der Waals surface area contributed by atoms with E-state index in [2.05, 4.69) is 15.5 Å². The number of carbonyl (C=O) groups is 2. The van der Waals surface area contributed by atoms with Crippen LogP contribution in [0.15, 0.2) is 53.7 Å². The van der Waals surface area contributed by atoms with Gasteiger partial charge >= 0.3 is 0 Å². The maximum absolute atomic E-state index is 12.4. The summed E-state index contributed by atoms with van der Waals surface area (Å²) >= 11 is 7.32. The van der Waals surface area contributed by atoms with E-state index in [1.54, 1.807) is 31.3 Å². The summed E-state index contributed by atoms with van der Waals surface area (Å²) in [5.41, 5.74) is 2.65. The fourth-order valence-corrected chi connectivity index (χ4v) is 3.72. The predicted molar refractivity (Wildman–Crippen MR) is 120 cm³/mol. The van der Waals surface area contributed by atoms with E-state index in [1.807, 2.05) is 42.8 Å². The molecule has 0 saturated heterocycles. The second-order valence-electron chi connectivity index (χ2n) is 6.80. The molecular formula is C21H22ClN5O2S. The van der Waals surface area contributed by atoms with Crippen molar-refractivity contribution in [3.8, 4) is 11.4 Å². The van der Waals surface area contributed by atoms with Crippen LogP contribution in [-0.4, -0.2) is 50.8 Å². The number of halogens is 1. The maximum atomic E-state index is 12.4. The lowest BCUT2D eigenvalue weighted by atomic mass is 10.1. The molecule has 0 aliphatic carbocycles. The predicted octanol–water partition coefficient (Wildman–Crippen LogP) is 3.63. The maximum Gasteiger partial charge on any atom is 0.244 e. The van der Waals surface area contributed by atoms with E-state index in [1.165, 1.54) is 22.2 Å². The second kappa shape index (κ2) is 9.77. The van der Waals surface area contributed by atoms with E-state index in [0.29, 0.717) is 15.9 Å². The van der Waals surface area contributed by atoms with E-state index >= 15 is 0 Å². The van der Waals surface area contributed by atoms with Crippen LogP contribution >= 0.6 is 23.4 Å². The first kappa shape index (κ1) is 21.9. The molecule has 2 amide bonds. The lowest BCUT2D eigenvalue weighted by Gasteiger charge is -2.16. The van der Waals surface area contributed by atoms with Crippen LogP contribution in [0, 0.1) is 6.92 Å². The number of nitrogens with one attached hydrogen (secondary N) is 1. The molecule has 0 aliphatic rings. The van der Waals surface area contributed by atoms with Gasteiger partial charge in [-0.2, -0.15) is 0 Å². The number of anilines is 1. The number of carbonyl (C=O) groups excluding carboxylic acids is 2. The summed E-state index contributed by atoms with van der Waals surface area (Å²) in [6.07, 6.45) is 0. The fraction of sp³-hybridized carbons (Fsp3) is 0.238. The van der Waals surface area contributed by atoms with Crippen molar-refractivity contribution in [3.63, 3.8) is 0 Å². The Morgan fingerprint density at radius 2 is 1.83 bits per heavy atom. The zero-order chi connectivity index (χ0) is 21.7. The number of para-hydroxylation sites is 1. The van der Waals surface area contributed by atoms with Crippen LogP contribution in [-0.2, 0) is 16.6 Å². The van der Waals surface area contributed by atoms with Gasteiger partial charge in [0.15, 0.2) is 11.0 Å². The van der Waals surface area contributed by atoms with Gasteiger partial charge in [-0.25, -0.2) is 0 Å². The van der Waals surface area contributed by atoms with Gasteiger partial charge in [-0.1, -0.05) is 65.3 Å². The Hall–Kier alpha value is -2.84. The Bertz CT molecular complexity index is 1050. The number of hydrogen-bond acceptors (Lipinski definition) is 5. The highest BCUT2D eigenvalue weighted by molar-refractivity contribution is 7.99. The van der Waals surface area contributed by atoms with Crippen molar-refractivity contribution in [1.82, 2.24) is 19.7 Å². The van der Waals surface area contributed by atoms with E-state index in [9.17, 15) is 9.59 Å². The molecule has 3 rings (SSSR count). The Labute approximate surface area is 184 Å². The smallest absolute Gasteiger partial charge is 0.244 e. The first-order valence-corrected chi connectivity index (χ1v) is 10.6. The summed E-state index contributed by atoms with van der Waals surface area (Å²) in [4.78, 5) is 26.0. The second-order valence-corrected chi connectivity index (χ2v) is 8.15. The summed E-state index contributed by atoms with van der Waals surface area (Å²) < 4.78 is 1.85. The van der Waals surface area contributed by atoms with Crippen LogP contribution in [0.2, 0.25) is 5.02 Å². The van der Waals surface area contributed by atoms with Gasteiger partial charge in [0.25, 0.3) is 0 Å². The van der Waals surface area contributed by atoms with Crippen LogP contribution < -0.4 is 5.32 Å². The molecule has 0 saturated carbocycles. The normalized spacial score (nSPS) is 10.7. The topological polar surface area (TPSA) is 80.1 Å². The molecule has 0 bridgehead atoms. The number of aromatic nitrogens is 3. The molecule has 1 heterocycles. The number of benzene rings is 2. The van der Waals surface area contributed by atoms with Crippen molar-refractivity contribution < 1.29 is 9.59 Å². The van der Waals surface area contributed by atoms with Crippen molar-refractivity contribution in [2.75, 3.05) is 24.7 Å². The van der Waals surface area contributed by atoms with Gasteiger partial charge in [0.05, 0.1) is 23.0 Å². The number of thioether (sulfide) groups is 1. The van der Waals surface area contributed by atoms with Gasteiger partial charge in [0.2, 0.25) is 11.8 Å². The van der Waals surface area contributed by atoms with Gasteiger partial charge in [-0.05, 0) is 19.1 Å². The molecule has 30 heavy (non-hydrogen) atoms. The quantitative estimate of drug-likeness (QED) is 0.564. The van der Waals surface area contributed by atoms with Crippen LogP contribution in [0.4, 0.5) is 5.69 Å². The minimum atomic E-state index is -0.315. The zero-order valence-electron chi connectivity index (χ0n) is 16.9. The number of likely N-dealkylation sites (N-methyl/N-ethyl adjacent to an activating group) is 1. The fourth-order valence-electron chi connectivity index (χ4n) is 2.69. The number of hydrogen-bond donors (Lipinski definition) is 1. The Kier molecular flexibility index (Phi) is 7.12. The molecule has 9 heteroatoms. The molecular weight excluding hydrogens is 422 g/mol. The van der Waals surface area contributed by atoms with Gasteiger partial charge in [-0.3, -0.25) is 9.59 Å². The third-order valence-corrected chi connectivity index (χ3v) is 5.76. The summed E-state index contributed by atoms with van der Waals surface area (Å²) in [5, 5.41) is 12.2. The Morgan fingerprint density at radius 3 is 2.53 bits per heavy atom. The lowest BCUT2D eigenvalue weighted by Crippen LogP contribution is -2.36. The molecule has 3 aromatic rings. The molecule has 0 spiro atoms. The average molecular weight is 444 g/mol. The average Bonchev–Trinajstić information content (AvgIpc) is 3.08. The SMILES string of the molecule is Cc1ccc(-c2nnc(SCC(=O)N(C)CC(=O)Nc3ccccc3Cl)n2C)cc1. The summed E-state index contributed by atoms with van der Waals surface area (Å²) in [6, 6.07) is 15.0. The molecule has 0 unspecified atom stereocenters. The molecule has 7 nitrogen and oxygen atoms in total. The molecule has 0 atom stereocenters. The molecule has 156 valence electrons. The number of rotatable bonds is 7.